The van der Waals surface area contributed by atoms with Crippen molar-refractivity contribution in [3.8, 4) is 0 Å². The third kappa shape index (κ3) is 10.1. The second kappa shape index (κ2) is 19.0. The van der Waals surface area contributed by atoms with Gasteiger partial charge in [-0.2, -0.15) is 0 Å². The van der Waals surface area contributed by atoms with Crippen molar-refractivity contribution in [3.05, 3.63) is 155 Å². The summed E-state index contributed by atoms with van der Waals surface area (Å²) in [7, 11) is 0. The first-order valence-electron chi connectivity index (χ1n) is 20.1. The number of hydrogen-bond donors (Lipinski definition) is 6. The summed E-state index contributed by atoms with van der Waals surface area (Å²) in [6.45, 7) is 0.148. The summed E-state index contributed by atoms with van der Waals surface area (Å²) < 4.78 is 10.7. The molecule has 6 aromatic rings. The highest BCUT2D eigenvalue weighted by atomic mass is 16.6. The number of imide groups is 2. The van der Waals surface area contributed by atoms with Gasteiger partial charge >= 0.3 is 24.0 Å². The minimum absolute atomic E-state index is 0. The van der Waals surface area contributed by atoms with Gasteiger partial charge in [0, 0.05) is 72.0 Å². The van der Waals surface area contributed by atoms with Crippen LogP contribution in [-0.4, -0.2) is 85.6 Å². The largest absolute Gasteiger partial charge is 0.443 e. The maximum atomic E-state index is 13.1. The molecule has 0 aliphatic carbocycles. The van der Waals surface area contributed by atoms with E-state index >= 15 is 0 Å². The number of esters is 2. The molecule has 8 rings (SSSR count). The van der Waals surface area contributed by atoms with Crippen molar-refractivity contribution in [1.29, 1.82) is 0 Å². The summed E-state index contributed by atoms with van der Waals surface area (Å²) in [5.74, 6) is -2.34. The summed E-state index contributed by atoms with van der Waals surface area (Å²) in [4.78, 5) is 85.7. The van der Waals surface area contributed by atoms with Crippen LogP contribution < -0.4 is 22.1 Å². The van der Waals surface area contributed by atoms with Crippen LogP contribution in [0, 0.1) is 0 Å². The van der Waals surface area contributed by atoms with Gasteiger partial charge in [-0.05, 0) is 57.6 Å². The first-order valence-corrected chi connectivity index (χ1v) is 20.1. The molecule has 2 aliphatic rings. The maximum Gasteiger partial charge on any atom is 0.332 e. The number of H-pyrrole nitrogens is 2. The molecule has 17 nitrogen and oxygen atoms in total. The lowest BCUT2D eigenvalue weighted by Gasteiger charge is -2.14. The predicted molar refractivity (Wildman–Crippen MR) is 231 cm³/mol. The first kappa shape index (κ1) is 43.5. The Labute approximate surface area is 360 Å². The number of fused-ring (bicyclic) bond motifs is 2. The zero-order chi connectivity index (χ0) is 43.3. The number of aromatic nitrogens is 2. The number of nitrogens with two attached hydrogens (primary N) is 2. The second-order valence-corrected chi connectivity index (χ2v) is 15.3. The Bertz CT molecular complexity index is 2510. The molecule has 10 N–H and O–H groups in total. The molecular formula is C46H46N8O9. The van der Waals surface area contributed by atoms with Gasteiger partial charge in [0.05, 0.1) is 13.1 Å². The van der Waals surface area contributed by atoms with E-state index in [4.69, 9.17) is 20.9 Å². The molecule has 0 radical (unpaired) electrons. The average molecular weight is 855 g/mol. The molecule has 63 heavy (non-hydrogen) atoms. The standard InChI is InChI=1S/C46H44N8O8.H2O/c47-39(21-31-23-49-35-13-11-29(17-33(31)35)25-53-43(57)37(51-45(53)59)19-27-7-3-1-4-8-27)61-41(55)15-16-42(56)62-40(48)22-32-24-50-36-14-12-30(18-34(32)36)26-54-44(58)38(52-46(54)60)20-28-9-5-2-6-10-28;/h1-18,23-24,37-40,49-50H,19-22,25-26,47-48H2,(H,51,59)(H,52,60);1H2/b16-15-;. The lowest BCUT2D eigenvalue weighted by Crippen LogP contribution is -2.32. The number of carbonyl (C=O) groups is 6. The van der Waals surface area contributed by atoms with E-state index in [-0.39, 0.29) is 43.2 Å². The van der Waals surface area contributed by atoms with Gasteiger partial charge < -0.3 is 35.6 Å². The molecule has 4 heterocycles. The van der Waals surface area contributed by atoms with Crippen LogP contribution in [-0.2, 0) is 67.4 Å². The van der Waals surface area contributed by atoms with E-state index in [2.05, 4.69) is 20.6 Å². The third-order valence-corrected chi connectivity index (χ3v) is 10.9. The average Bonchev–Trinajstić information content (AvgIpc) is 3.99. The van der Waals surface area contributed by atoms with Crippen LogP contribution in [0.3, 0.4) is 0 Å². The van der Waals surface area contributed by atoms with E-state index in [9.17, 15) is 28.8 Å². The first-order chi connectivity index (χ1) is 30.0. The number of carbonyl (C=O) groups excluding carboxylic acids is 6. The number of hydrogen-bond acceptors (Lipinski definition) is 10. The minimum atomic E-state index is -1.07. The minimum Gasteiger partial charge on any atom is -0.443 e. The third-order valence-electron chi connectivity index (χ3n) is 10.9. The van der Waals surface area contributed by atoms with Gasteiger partial charge in [-0.15, -0.1) is 0 Å². The number of nitrogens with zero attached hydrogens (tertiary/aromatic N) is 2. The van der Waals surface area contributed by atoms with Gasteiger partial charge in [-0.1, -0.05) is 72.8 Å². The monoisotopic (exact) mass is 854 g/mol. The molecule has 2 aromatic heterocycles. The Morgan fingerprint density at radius 1 is 0.587 bits per heavy atom. The molecule has 0 spiro atoms. The Morgan fingerprint density at radius 2 is 0.984 bits per heavy atom. The van der Waals surface area contributed by atoms with Crippen LogP contribution in [0.4, 0.5) is 9.59 Å². The van der Waals surface area contributed by atoms with Crippen molar-refractivity contribution in [2.45, 2.75) is 63.3 Å². The van der Waals surface area contributed by atoms with Gasteiger partial charge in [0.1, 0.15) is 12.1 Å². The number of nitrogens with one attached hydrogen (secondary N) is 4. The lowest BCUT2D eigenvalue weighted by molar-refractivity contribution is -0.145. The van der Waals surface area contributed by atoms with E-state index in [1.807, 2.05) is 97.1 Å². The molecule has 17 heteroatoms. The van der Waals surface area contributed by atoms with Gasteiger partial charge in [-0.25, -0.2) is 19.2 Å². The fourth-order valence-corrected chi connectivity index (χ4v) is 7.81. The molecule has 324 valence electrons. The van der Waals surface area contributed by atoms with Gasteiger partial charge in [0.2, 0.25) is 0 Å². The van der Waals surface area contributed by atoms with E-state index < -0.39 is 48.5 Å². The number of benzene rings is 4. The lowest BCUT2D eigenvalue weighted by atomic mass is 10.1. The molecule has 0 bridgehead atoms. The SMILES string of the molecule is NC(Cc1c[nH]c2ccc(CN3C(=O)NC(Cc4ccccc4)C3=O)cc12)OC(=O)/C=C\C(=O)OC(N)Cc1c[nH]c2ccc(CN3C(=O)NC(Cc4ccccc4)C3=O)cc12.O. The normalized spacial score (nSPS) is 17.2. The Kier molecular flexibility index (Phi) is 13.1. The summed E-state index contributed by atoms with van der Waals surface area (Å²) in [6.07, 6.45) is 4.19. The quantitative estimate of drug-likeness (QED) is 0.0358. The molecule has 2 fully saturated rings. The molecule has 2 saturated heterocycles. The number of rotatable bonds is 16. The van der Waals surface area contributed by atoms with Crippen molar-refractivity contribution in [1.82, 2.24) is 30.4 Å². The number of ether oxygens (including phenoxy) is 2. The fraction of sp³-hybridized carbons (Fsp3) is 0.217. The number of aromatic amines is 2. The van der Waals surface area contributed by atoms with Crippen molar-refractivity contribution >= 4 is 57.6 Å². The van der Waals surface area contributed by atoms with Crippen molar-refractivity contribution in [2.24, 2.45) is 11.5 Å². The second-order valence-electron chi connectivity index (χ2n) is 15.3. The molecule has 2 aliphatic heterocycles. The highest BCUT2D eigenvalue weighted by molar-refractivity contribution is 6.05. The smallest absolute Gasteiger partial charge is 0.332 e. The molecule has 4 atom stereocenters. The molecule has 0 saturated carbocycles. The van der Waals surface area contributed by atoms with Crippen LogP contribution in [0.2, 0.25) is 0 Å². The van der Waals surface area contributed by atoms with Crippen molar-refractivity contribution in [3.63, 3.8) is 0 Å². The van der Waals surface area contributed by atoms with E-state index in [1.54, 1.807) is 12.4 Å². The molecule has 4 aromatic carbocycles. The highest BCUT2D eigenvalue weighted by Gasteiger charge is 2.39. The zero-order valence-electron chi connectivity index (χ0n) is 33.9. The van der Waals surface area contributed by atoms with Crippen LogP contribution in [0.5, 0.6) is 0 Å². The predicted octanol–water partition coefficient (Wildman–Crippen LogP) is 3.15. The van der Waals surface area contributed by atoms with E-state index in [0.29, 0.717) is 12.8 Å². The topological polar surface area (TPSA) is 267 Å². The number of amides is 6. The Morgan fingerprint density at radius 3 is 1.38 bits per heavy atom. The van der Waals surface area contributed by atoms with E-state index in [0.717, 1.165) is 67.3 Å². The maximum absolute atomic E-state index is 13.1. The summed E-state index contributed by atoms with van der Waals surface area (Å²) in [6, 6.07) is 27.8. The van der Waals surface area contributed by atoms with Crippen LogP contribution in [0.25, 0.3) is 21.8 Å². The Balaban J connectivity index is 0.00000595. The fourth-order valence-electron chi connectivity index (χ4n) is 7.81. The van der Waals surface area contributed by atoms with Crippen molar-refractivity contribution < 1.29 is 43.7 Å². The van der Waals surface area contributed by atoms with Crippen LogP contribution in [0.15, 0.2) is 122 Å². The summed E-state index contributed by atoms with van der Waals surface area (Å²) >= 11 is 0. The number of urea groups is 2. The van der Waals surface area contributed by atoms with Gasteiger partial charge in [-0.3, -0.25) is 30.9 Å². The molecule has 6 amide bonds. The highest BCUT2D eigenvalue weighted by Crippen LogP contribution is 2.25. The van der Waals surface area contributed by atoms with Gasteiger partial charge in [0.15, 0.2) is 12.5 Å². The zero-order valence-corrected chi connectivity index (χ0v) is 33.9. The van der Waals surface area contributed by atoms with Crippen molar-refractivity contribution in [2.75, 3.05) is 0 Å². The van der Waals surface area contributed by atoms with Crippen LogP contribution >= 0.6 is 0 Å². The van der Waals surface area contributed by atoms with E-state index in [1.165, 1.54) is 9.80 Å². The Hall–Kier alpha value is -7.60. The molecule has 4 unspecified atom stereocenters. The molecular weight excluding hydrogens is 809 g/mol. The summed E-state index contributed by atoms with van der Waals surface area (Å²) in [5, 5.41) is 7.11. The van der Waals surface area contributed by atoms with Gasteiger partial charge in [0.25, 0.3) is 11.8 Å². The summed E-state index contributed by atoms with van der Waals surface area (Å²) in [5.41, 5.74) is 18.7. The van der Waals surface area contributed by atoms with Crippen LogP contribution in [0.1, 0.15) is 33.4 Å².